The molecule has 1 amide bonds. The average Bonchev–Trinajstić information content (AvgIpc) is 3.36. The molecule has 0 bridgehead atoms. The van der Waals surface area contributed by atoms with Gasteiger partial charge in [0.15, 0.2) is 0 Å². The van der Waals surface area contributed by atoms with E-state index in [4.69, 9.17) is 4.74 Å². The van der Waals surface area contributed by atoms with Crippen molar-refractivity contribution in [2.45, 2.75) is 373 Å². The van der Waals surface area contributed by atoms with Gasteiger partial charge in [0, 0.05) is 12.8 Å². The van der Waals surface area contributed by atoms with E-state index in [-0.39, 0.29) is 18.5 Å². The van der Waals surface area contributed by atoms with E-state index < -0.39 is 12.1 Å². The van der Waals surface area contributed by atoms with Gasteiger partial charge in [-0.15, -0.1) is 0 Å². The summed E-state index contributed by atoms with van der Waals surface area (Å²) in [5.41, 5.74) is 0. The number of carbonyl (C=O) groups excluding carboxylic acids is 2. The van der Waals surface area contributed by atoms with Gasteiger partial charge in [0.2, 0.25) is 5.91 Å². The highest BCUT2D eigenvalue weighted by molar-refractivity contribution is 5.76. The highest BCUT2D eigenvalue weighted by Gasteiger charge is 2.20. The molecule has 0 aromatic carbocycles. The summed E-state index contributed by atoms with van der Waals surface area (Å²) in [6.45, 7) is 4.96. The molecule has 2 unspecified atom stereocenters. The molecule has 2 atom stereocenters. The highest BCUT2D eigenvalue weighted by Crippen LogP contribution is 2.18. The van der Waals surface area contributed by atoms with Crippen LogP contribution >= 0.6 is 0 Å². The van der Waals surface area contributed by atoms with Gasteiger partial charge in [0.1, 0.15) is 0 Å². The fourth-order valence-corrected chi connectivity index (χ4v) is 10.2. The molecule has 0 heterocycles. The Hall–Kier alpha value is -1.40. The average molecular weight is 989 g/mol. The lowest BCUT2D eigenvalue weighted by Gasteiger charge is -2.22. The van der Waals surface area contributed by atoms with E-state index in [1.807, 2.05) is 0 Å². The molecule has 0 aliphatic carbocycles. The first-order chi connectivity index (χ1) is 34.5. The summed E-state index contributed by atoms with van der Waals surface area (Å²) in [6.07, 6.45) is 72.3. The molecule has 416 valence electrons. The molecule has 0 aromatic heterocycles. The Morgan fingerprint density at radius 2 is 0.671 bits per heavy atom. The van der Waals surface area contributed by atoms with Crippen LogP contribution in [0.3, 0.4) is 0 Å². The van der Waals surface area contributed by atoms with Gasteiger partial charge in [-0.1, -0.05) is 309 Å². The third kappa shape index (κ3) is 55.9. The predicted octanol–water partition coefficient (Wildman–Crippen LogP) is 20.0. The first kappa shape index (κ1) is 68.6. The number of carbonyl (C=O) groups is 2. The van der Waals surface area contributed by atoms with E-state index in [1.54, 1.807) is 0 Å². The van der Waals surface area contributed by atoms with Gasteiger partial charge in [-0.25, -0.2) is 0 Å². The van der Waals surface area contributed by atoms with Crippen molar-refractivity contribution in [2.75, 3.05) is 13.2 Å². The van der Waals surface area contributed by atoms with Gasteiger partial charge in [-0.3, -0.25) is 9.59 Å². The Balaban J connectivity index is 3.35. The van der Waals surface area contributed by atoms with E-state index in [0.717, 1.165) is 44.9 Å². The molecule has 0 saturated carbocycles. The van der Waals surface area contributed by atoms with E-state index in [9.17, 15) is 19.8 Å². The van der Waals surface area contributed by atoms with Gasteiger partial charge in [0.05, 0.1) is 25.4 Å². The van der Waals surface area contributed by atoms with Gasteiger partial charge >= 0.3 is 5.97 Å². The van der Waals surface area contributed by atoms with Crippen molar-refractivity contribution in [3.05, 3.63) is 12.2 Å². The maximum Gasteiger partial charge on any atom is 0.305 e. The fraction of sp³-hybridized carbons (Fsp3) is 0.938. The third-order valence-electron chi connectivity index (χ3n) is 15.1. The second kappa shape index (κ2) is 60.2. The summed E-state index contributed by atoms with van der Waals surface area (Å²) in [5.74, 6) is -0.0233. The molecule has 0 saturated heterocycles. The van der Waals surface area contributed by atoms with Gasteiger partial charge in [0.25, 0.3) is 0 Å². The second-order valence-electron chi connectivity index (χ2n) is 22.1. The van der Waals surface area contributed by atoms with Crippen LogP contribution < -0.4 is 5.32 Å². The zero-order chi connectivity index (χ0) is 50.7. The summed E-state index contributed by atoms with van der Waals surface area (Å²) in [7, 11) is 0. The molecule has 3 N–H and O–H groups in total. The monoisotopic (exact) mass is 988 g/mol. The Morgan fingerprint density at radius 1 is 0.386 bits per heavy atom. The van der Waals surface area contributed by atoms with Crippen LogP contribution in [0.5, 0.6) is 0 Å². The number of aliphatic hydroxyl groups is 2. The van der Waals surface area contributed by atoms with Crippen LogP contribution in [0.25, 0.3) is 0 Å². The number of aliphatic hydroxyl groups excluding tert-OH is 2. The Kier molecular flexibility index (Phi) is 59.0. The highest BCUT2D eigenvalue weighted by atomic mass is 16.5. The molecule has 0 aliphatic heterocycles. The summed E-state index contributed by atoms with van der Waals surface area (Å²) >= 11 is 0. The van der Waals surface area contributed by atoms with Crippen molar-refractivity contribution < 1.29 is 24.5 Å². The lowest BCUT2D eigenvalue weighted by atomic mass is 10.0. The third-order valence-corrected chi connectivity index (χ3v) is 15.1. The van der Waals surface area contributed by atoms with Crippen LogP contribution in [-0.2, 0) is 14.3 Å². The van der Waals surface area contributed by atoms with Gasteiger partial charge < -0.3 is 20.3 Å². The normalized spacial score (nSPS) is 12.6. The number of hydrogen-bond donors (Lipinski definition) is 3. The number of rotatable bonds is 60. The molecule has 70 heavy (non-hydrogen) atoms. The molecule has 0 radical (unpaired) electrons. The minimum absolute atomic E-state index is 0.00694. The zero-order valence-corrected chi connectivity index (χ0v) is 47.5. The predicted molar refractivity (Wildman–Crippen MR) is 306 cm³/mol. The summed E-state index contributed by atoms with van der Waals surface area (Å²) < 4.78 is 5.47. The quantitative estimate of drug-likeness (QED) is 0.0321. The van der Waals surface area contributed by atoms with Crippen LogP contribution in [0.1, 0.15) is 361 Å². The van der Waals surface area contributed by atoms with Crippen LogP contribution in [-0.4, -0.2) is 47.4 Å². The molecule has 0 aromatic rings. The molecule has 0 spiro atoms. The Morgan fingerprint density at radius 3 is 1.04 bits per heavy atom. The Labute approximate surface area is 438 Å². The Bertz CT molecular complexity index is 1050. The van der Waals surface area contributed by atoms with E-state index in [2.05, 4.69) is 31.3 Å². The minimum atomic E-state index is -0.662. The molecule has 0 rings (SSSR count). The van der Waals surface area contributed by atoms with E-state index in [0.29, 0.717) is 25.9 Å². The van der Waals surface area contributed by atoms with Crippen LogP contribution in [0.15, 0.2) is 12.2 Å². The molecule has 6 nitrogen and oxygen atoms in total. The summed E-state index contributed by atoms with van der Waals surface area (Å²) in [6, 6.07) is -0.539. The number of ether oxygens (including phenoxy) is 1. The van der Waals surface area contributed by atoms with Crippen molar-refractivity contribution >= 4 is 11.9 Å². The maximum atomic E-state index is 12.5. The largest absolute Gasteiger partial charge is 0.466 e. The number of hydrogen-bond acceptors (Lipinski definition) is 5. The van der Waals surface area contributed by atoms with Crippen LogP contribution in [0.4, 0.5) is 0 Å². The van der Waals surface area contributed by atoms with E-state index in [1.165, 1.54) is 283 Å². The van der Waals surface area contributed by atoms with Gasteiger partial charge in [-0.2, -0.15) is 0 Å². The van der Waals surface area contributed by atoms with Crippen LogP contribution in [0, 0.1) is 0 Å². The lowest BCUT2D eigenvalue weighted by Crippen LogP contribution is -2.45. The maximum absolute atomic E-state index is 12.5. The smallest absolute Gasteiger partial charge is 0.305 e. The fourth-order valence-electron chi connectivity index (χ4n) is 10.2. The van der Waals surface area contributed by atoms with Crippen molar-refractivity contribution in [3.8, 4) is 0 Å². The topological polar surface area (TPSA) is 95.9 Å². The summed E-state index contributed by atoms with van der Waals surface area (Å²) in [4.78, 5) is 24.5. The number of amides is 1. The van der Waals surface area contributed by atoms with Crippen molar-refractivity contribution in [1.82, 2.24) is 5.32 Å². The number of allylic oxidation sites excluding steroid dienone is 2. The van der Waals surface area contributed by atoms with Gasteiger partial charge in [-0.05, 0) is 51.4 Å². The minimum Gasteiger partial charge on any atom is -0.466 e. The van der Waals surface area contributed by atoms with E-state index >= 15 is 0 Å². The first-order valence-corrected chi connectivity index (χ1v) is 31.9. The zero-order valence-electron chi connectivity index (χ0n) is 47.5. The number of nitrogens with one attached hydrogen (secondary N) is 1. The first-order valence-electron chi connectivity index (χ1n) is 31.9. The van der Waals surface area contributed by atoms with Crippen LogP contribution in [0.2, 0.25) is 0 Å². The molecule has 0 fully saturated rings. The number of unbranched alkanes of at least 4 members (excludes halogenated alkanes) is 47. The second-order valence-corrected chi connectivity index (χ2v) is 22.1. The lowest BCUT2D eigenvalue weighted by molar-refractivity contribution is -0.143. The molecular weight excluding hydrogens is 863 g/mol. The van der Waals surface area contributed by atoms with Crippen molar-refractivity contribution in [3.63, 3.8) is 0 Å². The number of esters is 1. The molecule has 6 heteroatoms. The van der Waals surface area contributed by atoms with Crippen molar-refractivity contribution in [1.29, 1.82) is 0 Å². The SMILES string of the molecule is CCCCC/C=C\CCCCCCCC(=O)OCCCCCCCCCCCCCCCCCCCCCCCCCCCC(=O)NC(CO)C(O)CCCCCCCCCCCCCCCCCC. The molecule has 0 aliphatic rings. The molecular formula is C64H125NO5. The standard InChI is InChI=1S/C64H125NO5/c1-3-5-7-9-11-13-15-17-18-30-33-36-40-44-48-52-56-62(67)61(60-66)65-63(68)57-53-49-45-41-37-34-31-28-26-24-22-20-19-21-23-25-27-29-32-35-39-43-47-51-55-59-70-64(69)58-54-50-46-42-38-16-14-12-10-8-6-4-2/h12,14,61-62,66-67H,3-11,13,15-60H2,1-2H3,(H,65,68)/b14-12-. The van der Waals surface area contributed by atoms with Crippen molar-refractivity contribution in [2.24, 2.45) is 0 Å². The summed E-state index contributed by atoms with van der Waals surface area (Å²) in [5, 5.41) is 23.3.